The molecule has 0 saturated carbocycles. The first-order valence-electron chi connectivity index (χ1n) is 7.76. The number of rotatable bonds is 2. The fourth-order valence-electron chi connectivity index (χ4n) is 2.85. The van der Waals surface area contributed by atoms with Crippen LogP contribution in [0.15, 0.2) is 10.5 Å². The van der Waals surface area contributed by atoms with E-state index in [1.165, 1.54) is 0 Å². The summed E-state index contributed by atoms with van der Waals surface area (Å²) in [5, 5.41) is 0.629. The van der Waals surface area contributed by atoms with E-state index >= 15 is 0 Å². The second kappa shape index (κ2) is 6.89. The van der Waals surface area contributed by atoms with Crippen LogP contribution in [0, 0.1) is 0 Å². The summed E-state index contributed by atoms with van der Waals surface area (Å²) in [4.78, 5) is 14.5. The summed E-state index contributed by atoms with van der Waals surface area (Å²) in [7, 11) is 1.60. The maximum atomic E-state index is 12.8. The van der Waals surface area contributed by atoms with E-state index in [0.29, 0.717) is 10.8 Å². The highest BCUT2D eigenvalue weighted by Crippen LogP contribution is 2.46. The minimum Gasteiger partial charge on any atom is -0.495 e. The Balaban J connectivity index is 2.57. The lowest BCUT2D eigenvalue weighted by Crippen LogP contribution is -2.46. The average Bonchev–Trinajstić information content (AvgIpc) is 2.47. The van der Waals surface area contributed by atoms with Gasteiger partial charge in [0.1, 0.15) is 11.4 Å². The van der Waals surface area contributed by atoms with Gasteiger partial charge in [0.25, 0.3) is 0 Å². The van der Waals surface area contributed by atoms with Gasteiger partial charge >= 0.3 is 6.09 Å². The van der Waals surface area contributed by atoms with Gasteiger partial charge in [-0.3, -0.25) is 4.90 Å². The number of methoxy groups -OCH3 is 1. The van der Waals surface area contributed by atoms with Crippen LogP contribution in [-0.4, -0.2) is 24.8 Å². The number of fused-ring (bicyclic) bond motifs is 1. The second-order valence-corrected chi connectivity index (χ2v) is 7.89. The van der Waals surface area contributed by atoms with E-state index in [9.17, 15) is 4.79 Å². The minimum atomic E-state index is -0.556. The zero-order valence-corrected chi connectivity index (χ0v) is 16.5. The first kappa shape index (κ1) is 18.4. The van der Waals surface area contributed by atoms with Gasteiger partial charge in [-0.1, -0.05) is 18.5 Å². The molecule has 1 aromatic rings. The molecule has 1 unspecified atom stereocenters. The molecule has 0 radical (unpaired) electrons. The quantitative estimate of drug-likeness (QED) is 0.646. The Morgan fingerprint density at radius 2 is 2.13 bits per heavy atom. The lowest BCUT2D eigenvalue weighted by atomic mass is 9.94. The zero-order valence-electron chi connectivity index (χ0n) is 14.2. The standard InChI is InChI=1S/C17H23BrClNO3/c1-6-10-7-8-11-14(19)12(18)9-13(22-5)15(11)20(10)16(21)23-17(2,3)4/h9-10H,6-8H2,1-5H3. The highest BCUT2D eigenvalue weighted by atomic mass is 79.9. The van der Waals surface area contributed by atoms with Crippen LogP contribution >= 0.6 is 27.5 Å². The van der Waals surface area contributed by atoms with Gasteiger partial charge in [-0.05, 0) is 67.6 Å². The van der Waals surface area contributed by atoms with Crippen molar-refractivity contribution in [2.75, 3.05) is 12.0 Å². The summed E-state index contributed by atoms with van der Waals surface area (Å²) in [5.41, 5.74) is 1.10. The molecule has 4 nitrogen and oxygen atoms in total. The molecule has 0 bridgehead atoms. The number of hydrogen-bond donors (Lipinski definition) is 0. The van der Waals surface area contributed by atoms with Gasteiger partial charge in [0, 0.05) is 10.5 Å². The molecule has 0 saturated heterocycles. The van der Waals surface area contributed by atoms with Crippen LogP contribution in [-0.2, 0) is 11.2 Å². The molecule has 0 N–H and O–H groups in total. The normalized spacial score (nSPS) is 17.7. The molecular weight excluding hydrogens is 382 g/mol. The maximum absolute atomic E-state index is 12.8. The molecule has 1 aliphatic rings. The predicted octanol–water partition coefficient (Wildman–Crippen LogP) is 5.58. The van der Waals surface area contributed by atoms with E-state index in [2.05, 4.69) is 22.9 Å². The Morgan fingerprint density at radius 3 is 2.65 bits per heavy atom. The summed E-state index contributed by atoms with van der Waals surface area (Å²) >= 11 is 9.91. The van der Waals surface area contributed by atoms with Crippen molar-refractivity contribution >= 4 is 39.3 Å². The number of benzene rings is 1. The molecule has 1 atom stereocenters. The molecule has 0 aliphatic carbocycles. The monoisotopic (exact) mass is 403 g/mol. The van der Waals surface area contributed by atoms with Crippen molar-refractivity contribution in [3.63, 3.8) is 0 Å². The van der Waals surface area contributed by atoms with Crippen molar-refractivity contribution in [1.82, 2.24) is 0 Å². The fraction of sp³-hybridized carbons (Fsp3) is 0.588. The molecule has 23 heavy (non-hydrogen) atoms. The minimum absolute atomic E-state index is 0.0727. The van der Waals surface area contributed by atoms with Crippen molar-refractivity contribution in [3.8, 4) is 5.75 Å². The van der Waals surface area contributed by atoms with Gasteiger partial charge in [0.05, 0.1) is 17.8 Å². The SMILES string of the molecule is CCC1CCc2c(Cl)c(Br)cc(OC)c2N1C(=O)OC(C)(C)C. The summed E-state index contributed by atoms with van der Waals surface area (Å²) in [6.07, 6.45) is 2.14. The number of carbonyl (C=O) groups is 1. The van der Waals surface area contributed by atoms with Crippen molar-refractivity contribution < 1.29 is 14.3 Å². The highest BCUT2D eigenvalue weighted by Gasteiger charge is 2.37. The van der Waals surface area contributed by atoms with Crippen LogP contribution in [0.4, 0.5) is 10.5 Å². The summed E-state index contributed by atoms with van der Waals surface area (Å²) in [5.74, 6) is 0.625. The fourth-order valence-corrected chi connectivity index (χ4v) is 3.54. The van der Waals surface area contributed by atoms with Crippen molar-refractivity contribution in [3.05, 3.63) is 21.1 Å². The maximum Gasteiger partial charge on any atom is 0.415 e. The third-order valence-electron chi connectivity index (χ3n) is 3.87. The molecule has 1 aliphatic heterocycles. The molecule has 1 heterocycles. The van der Waals surface area contributed by atoms with Crippen LogP contribution in [0.25, 0.3) is 0 Å². The lowest BCUT2D eigenvalue weighted by Gasteiger charge is -2.38. The van der Waals surface area contributed by atoms with Crippen LogP contribution in [0.5, 0.6) is 5.75 Å². The van der Waals surface area contributed by atoms with Crippen molar-refractivity contribution in [2.24, 2.45) is 0 Å². The van der Waals surface area contributed by atoms with Gasteiger partial charge in [-0.15, -0.1) is 0 Å². The molecule has 128 valence electrons. The first-order valence-corrected chi connectivity index (χ1v) is 8.93. The van der Waals surface area contributed by atoms with Crippen LogP contribution in [0.1, 0.15) is 46.1 Å². The first-order chi connectivity index (χ1) is 10.7. The van der Waals surface area contributed by atoms with Gasteiger partial charge < -0.3 is 9.47 Å². The number of ether oxygens (including phenoxy) is 2. The number of halogens is 2. The Hall–Kier alpha value is -0.940. The summed E-state index contributed by atoms with van der Waals surface area (Å²) < 4.78 is 11.9. The van der Waals surface area contributed by atoms with Gasteiger partial charge in [-0.2, -0.15) is 0 Å². The molecule has 2 rings (SSSR count). The van der Waals surface area contributed by atoms with E-state index in [-0.39, 0.29) is 12.1 Å². The van der Waals surface area contributed by atoms with E-state index in [0.717, 1.165) is 35.0 Å². The summed E-state index contributed by atoms with van der Waals surface area (Å²) in [6, 6.07) is 1.87. The largest absolute Gasteiger partial charge is 0.495 e. The van der Waals surface area contributed by atoms with Gasteiger partial charge in [-0.25, -0.2) is 4.79 Å². The molecule has 0 fully saturated rings. The number of carbonyl (C=O) groups excluding carboxylic acids is 1. The number of hydrogen-bond acceptors (Lipinski definition) is 3. The second-order valence-electron chi connectivity index (χ2n) is 6.65. The molecule has 1 aromatic carbocycles. The molecule has 0 aromatic heterocycles. The number of amides is 1. The van der Waals surface area contributed by atoms with Crippen molar-refractivity contribution in [1.29, 1.82) is 0 Å². The molecule has 1 amide bonds. The molecule has 6 heteroatoms. The predicted molar refractivity (Wildman–Crippen MR) is 96.8 cm³/mol. The summed E-state index contributed by atoms with van der Waals surface area (Å²) in [6.45, 7) is 7.66. The zero-order chi connectivity index (χ0) is 17.4. The number of anilines is 1. The van der Waals surface area contributed by atoms with Crippen molar-refractivity contribution in [2.45, 2.75) is 58.6 Å². The third-order valence-corrected chi connectivity index (χ3v) is 5.15. The topological polar surface area (TPSA) is 38.8 Å². The van der Waals surface area contributed by atoms with Crippen LogP contribution in [0.2, 0.25) is 5.02 Å². The smallest absolute Gasteiger partial charge is 0.415 e. The Labute approximate surface area is 151 Å². The Bertz CT molecular complexity index is 613. The Kier molecular flexibility index (Phi) is 5.52. The van der Waals surface area contributed by atoms with E-state index in [1.54, 1.807) is 18.1 Å². The van der Waals surface area contributed by atoms with E-state index in [1.807, 2.05) is 20.8 Å². The van der Waals surface area contributed by atoms with E-state index < -0.39 is 5.60 Å². The molecule has 0 spiro atoms. The van der Waals surface area contributed by atoms with Crippen LogP contribution in [0.3, 0.4) is 0 Å². The Morgan fingerprint density at radius 1 is 1.48 bits per heavy atom. The van der Waals surface area contributed by atoms with Crippen LogP contribution < -0.4 is 9.64 Å². The van der Waals surface area contributed by atoms with E-state index in [4.69, 9.17) is 21.1 Å². The van der Waals surface area contributed by atoms with Gasteiger partial charge in [0.2, 0.25) is 0 Å². The highest BCUT2D eigenvalue weighted by molar-refractivity contribution is 9.10. The average molecular weight is 405 g/mol. The number of nitrogens with zero attached hydrogens (tertiary/aromatic N) is 1. The lowest BCUT2D eigenvalue weighted by molar-refractivity contribution is 0.0558. The van der Waals surface area contributed by atoms with Gasteiger partial charge in [0.15, 0.2) is 0 Å². The molecular formula is C17H23BrClNO3. The third kappa shape index (κ3) is 3.77.